The van der Waals surface area contributed by atoms with Crippen molar-refractivity contribution in [3.63, 3.8) is 0 Å². The van der Waals surface area contributed by atoms with E-state index in [4.69, 9.17) is 0 Å². The number of piperidine rings is 1. The van der Waals surface area contributed by atoms with E-state index in [0.717, 1.165) is 6.07 Å². The first-order chi connectivity index (χ1) is 14.2. The van der Waals surface area contributed by atoms with Gasteiger partial charge in [0.1, 0.15) is 5.82 Å². The molecule has 0 radical (unpaired) electrons. The smallest absolute Gasteiger partial charge is 0.355 e. The molecule has 2 saturated heterocycles. The van der Waals surface area contributed by atoms with Gasteiger partial charge in [0.15, 0.2) is 0 Å². The zero-order chi connectivity index (χ0) is 21.9. The summed E-state index contributed by atoms with van der Waals surface area (Å²) in [6.07, 6.45) is -1.84. The van der Waals surface area contributed by atoms with E-state index in [0.29, 0.717) is 52.1 Å². The number of anilines is 1. The van der Waals surface area contributed by atoms with Crippen LogP contribution >= 0.6 is 0 Å². The minimum absolute atomic E-state index is 0.0218. The number of pyridine rings is 1. The van der Waals surface area contributed by atoms with Gasteiger partial charge in [0.25, 0.3) is 0 Å². The average Bonchev–Trinajstić information content (AvgIpc) is 2.73. The number of alkyl halides is 3. The number of carbonyl (C=O) groups is 2. The van der Waals surface area contributed by atoms with Crippen LogP contribution in [0.4, 0.5) is 19.0 Å². The zero-order valence-electron chi connectivity index (χ0n) is 17.4. The molecule has 0 aromatic carbocycles. The highest BCUT2D eigenvalue weighted by molar-refractivity contribution is 5.80. The molecule has 2 fully saturated rings. The number of rotatable bonds is 4. The van der Waals surface area contributed by atoms with E-state index < -0.39 is 11.7 Å². The lowest BCUT2D eigenvalue weighted by molar-refractivity contribution is -0.138. The standard InChI is InChI=1S/C20H28F3N5O2/c1-25(2)17(29)14-26-9-11-27(12-10-26)19(30)15-5-4-8-28(13-15)18-16(20(21,22)23)6-3-7-24-18/h3,6-7,15H,4-5,8-14H2,1-2H3/t15-/m0/s1. The van der Waals surface area contributed by atoms with Gasteiger partial charge in [0.05, 0.1) is 18.0 Å². The number of hydrogen-bond donors (Lipinski definition) is 0. The Balaban J connectivity index is 1.60. The van der Waals surface area contributed by atoms with Crippen LogP contribution in [0.5, 0.6) is 0 Å². The number of carbonyl (C=O) groups excluding carboxylic acids is 2. The van der Waals surface area contributed by atoms with E-state index in [9.17, 15) is 22.8 Å². The molecule has 3 rings (SSSR count). The molecule has 1 aromatic heterocycles. The van der Waals surface area contributed by atoms with Crippen LogP contribution in [0.25, 0.3) is 0 Å². The molecule has 7 nitrogen and oxygen atoms in total. The van der Waals surface area contributed by atoms with E-state index in [-0.39, 0.29) is 30.1 Å². The molecule has 2 aliphatic rings. The van der Waals surface area contributed by atoms with Gasteiger partial charge in [-0.1, -0.05) is 0 Å². The van der Waals surface area contributed by atoms with Crippen molar-refractivity contribution in [2.75, 3.05) is 64.8 Å². The van der Waals surface area contributed by atoms with Crippen molar-refractivity contribution in [3.8, 4) is 0 Å². The third-order valence-corrected chi connectivity index (χ3v) is 5.70. The summed E-state index contributed by atoms with van der Waals surface area (Å²) in [4.78, 5) is 35.7. The van der Waals surface area contributed by atoms with E-state index in [2.05, 4.69) is 4.98 Å². The molecule has 3 heterocycles. The monoisotopic (exact) mass is 427 g/mol. The van der Waals surface area contributed by atoms with E-state index in [1.54, 1.807) is 28.8 Å². The maximum Gasteiger partial charge on any atom is 0.419 e. The highest BCUT2D eigenvalue weighted by Gasteiger charge is 2.38. The second kappa shape index (κ2) is 9.20. The Morgan fingerprint density at radius 2 is 1.87 bits per heavy atom. The molecular weight excluding hydrogens is 399 g/mol. The SMILES string of the molecule is CN(C)C(=O)CN1CCN(C(=O)[C@H]2CCCN(c3ncccc3C(F)(F)F)C2)CC1. The third kappa shape index (κ3) is 5.21. The molecule has 1 atom stereocenters. The highest BCUT2D eigenvalue weighted by atomic mass is 19.4. The van der Waals surface area contributed by atoms with Gasteiger partial charge in [-0.2, -0.15) is 13.2 Å². The average molecular weight is 427 g/mol. The van der Waals surface area contributed by atoms with Gasteiger partial charge < -0.3 is 14.7 Å². The van der Waals surface area contributed by atoms with Crippen LogP contribution < -0.4 is 4.90 Å². The Hall–Kier alpha value is -2.36. The van der Waals surface area contributed by atoms with Gasteiger partial charge in [-0.15, -0.1) is 0 Å². The van der Waals surface area contributed by atoms with Crippen molar-refractivity contribution < 1.29 is 22.8 Å². The molecule has 10 heteroatoms. The van der Waals surface area contributed by atoms with E-state index >= 15 is 0 Å². The summed E-state index contributed by atoms with van der Waals surface area (Å²) in [5.74, 6) is -0.456. The van der Waals surface area contributed by atoms with Crippen LogP contribution in [0.15, 0.2) is 18.3 Å². The molecular formula is C20H28F3N5O2. The molecule has 0 spiro atoms. The van der Waals surface area contributed by atoms with Gasteiger partial charge in [-0.3, -0.25) is 14.5 Å². The fourth-order valence-corrected chi connectivity index (χ4v) is 3.96. The lowest BCUT2D eigenvalue weighted by Crippen LogP contribution is -2.54. The van der Waals surface area contributed by atoms with Crippen molar-refractivity contribution in [1.82, 2.24) is 19.7 Å². The maximum atomic E-state index is 13.4. The minimum atomic E-state index is -4.49. The van der Waals surface area contributed by atoms with Gasteiger partial charge in [-0.05, 0) is 25.0 Å². The predicted octanol–water partition coefficient (Wildman–Crippen LogP) is 1.55. The van der Waals surface area contributed by atoms with Crippen LogP contribution in [-0.4, -0.2) is 91.4 Å². The summed E-state index contributed by atoms with van der Waals surface area (Å²) in [5.41, 5.74) is -0.766. The van der Waals surface area contributed by atoms with Gasteiger partial charge in [-0.25, -0.2) is 4.98 Å². The van der Waals surface area contributed by atoms with E-state index in [1.807, 2.05) is 4.90 Å². The Kier molecular flexibility index (Phi) is 6.84. The number of amides is 2. The molecule has 0 unspecified atom stereocenters. The van der Waals surface area contributed by atoms with Crippen molar-refractivity contribution in [2.45, 2.75) is 19.0 Å². The largest absolute Gasteiger partial charge is 0.419 e. The summed E-state index contributed by atoms with van der Waals surface area (Å²) in [7, 11) is 3.42. The van der Waals surface area contributed by atoms with Crippen LogP contribution in [0.2, 0.25) is 0 Å². The van der Waals surface area contributed by atoms with Crippen molar-refractivity contribution in [1.29, 1.82) is 0 Å². The number of piperazine rings is 1. The van der Waals surface area contributed by atoms with Crippen LogP contribution in [0, 0.1) is 5.92 Å². The zero-order valence-corrected chi connectivity index (χ0v) is 17.4. The van der Waals surface area contributed by atoms with Crippen LogP contribution in [-0.2, 0) is 15.8 Å². The summed E-state index contributed by atoms with van der Waals surface area (Å²) >= 11 is 0. The lowest BCUT2D eigenvalue weighted by Gasteiger charge is -2.39. The quantitative estimate of drug-likeness (QED) is 0.730. The van der Waals surface area contributed by atoms with Crippen LogP contribution in [0.3, 0.4) is 0 Å². The number of hydrogen-bond acceptors (Lipinski definition) is 5. The van der Waals surface area contributed by atoms with Crippen molar-refractivity contribution >= 4 is 17.6 Å². The molecule has 1 aromatic rings. The molecule has 2 amide bonds. The second-order valence-corrected chi connectivity index (χ2v) is 8.05. The Labute approximate surface area is 174 Å². The minimum Gasteiger partial charge on any atom is -0.355 e. The lowest BCUT2D eigenvalue weighted by atomic mass is 9.95. The molecule has 0 N–H and O–H groups in total. The molecule has 2 aliphatic heterocycles. The fraction of sp³-hybridized carbons (Fsp3) is 0.650. The van der Waals surface area contributed by atoms with E-state index in [1.165, 1.54) is 12.3 Å². The first kappa shape index (κ1) is 22.3. The van der Waals surface area contributed by atoms with Crippen molar-refractivity contribution in [2.24, 2.45) is 5.92 Å². The number of halogens is 3. The predicted molar refractivity (Wildman–Crippen MR) is 106 cm³/mol. The first-order valence-corrected chi connectivity index (χ1v) is 10.1. The normalized spacial score (nSPS) is 20.9. The van der Waals surface area contributed by atoms with Gasteiger partial charge in [0, 0.05) is 59.6 Å². The molecule has 166 valence electrons. The number of aromatic nitrogens is 1. The van der Waals surface area contributed by atoms with Gasteiger partial charge in [0.2, 0.25) is 11.8 Å². The summed E-state index contributed by atoms with van der Waals surface area (Å²) < 4.78 is 40.1. The number of nitrogens with zero attached hydrogens (tertiary/aromatic N) is 5. The maximum absolute atomic E-state index is 13.4. The molecule has 0 bridgehead atoms. The fourth-order valence-electron chi connectivity index (χ4n) is 3.96. The van der Waals surface area contributed by atoms with Crippen molar-refractivity contribution in [3.05, 3.63) is 23.9 Å². The first-order valence-electron chi connectivity index (χ1n) is 10.1. The summed E-state index contributed by atoms with van der Waals surface area (Å²) in [5, 5.41) is 0. The molecule has 0 aliphatic carbocycles. The third-order valence-electron chi connectivity index (χ3n) is 5.70. The molecule has 30 heavy (non-hydrogen) atoms. The summed E-state index contributed by atoms with van der Waals surface area (Å²) in [6, 6.07) is 2.31. The Morgan fingerprint density at radius 3 is 2.50 bits per heavy atom. The Bertz CT molecular complexity index is 763. The number of likely N-dealkylation sites (N-methyl/N-ethyl adjacent to an activating group) is 1. The van der Waals surface area contributed by atoms with Crippen LogP contribution in [0.1, 0.15) is 18.4 Å². The summed E-state index contributed by atoms with van der Waals surface area (Å²) in [6.45, 7) is 3.27. The molecule has 0 saturated carbocycles. The highest BCUT2D eigenvalue weighted by Crippen LogP contribution is 2.36. The van der Waals surface area contributed by atoms with Gasteiger partial charge >= 0.3 is 6.18 Å². The Morgan fingerprint density at radius 1 is 1.17 bits per heavy atom. The topological polar surface area (TPSA) is 60.0 Å². The second-order valence-electron chi connectivity index (χ2n) is 8.05.